The molecule has 3 aliphatic carbocycles. The van der Waals surface area contributed by atoms with Crippen molar-refractivity contribution < 1.29 is 5.11 Å². The lowest BCUT2D eigenvalue weighted by atomic mass is 9.65. The summed E-state index contributed by atoms with van der Waals surface area (Å²) >= 11 is 0. The molecule has 0 heterocycles. The monoisotopic (exact) mass is 209 g/mol. The van der Waals surface area contributed by atoms with E-state index in [1.807, 2.05) is 0 Å². The lowest BCUT2D eigenvalue weighted by Crippen LogP contribution is -2.53. The molecule has 1 unspecified atom stereocenters. The van der Waals surface area contributed by atoms with Crippen molar-refractivity contribution in [2.75, 3.05) is 6.54 Å². The molecule has 2 heteroatoms. The summed E-state index contributed by atoms with van der Waals surface area (Å²) in [4.78, 5) is 0. The largest absolute Gasteiger partial charge is 0.389 e. The predicted molar refractivity (Wildman–Crippen MR) is 60.7 cm³/mol. The van der Waals surface area contributed by atoms with Crippen LogP contribution in [0.4, 0.5) is 0 Å². The minimum absolute atomic E-state index is 0.340. The molecule has 3 fully saturated rings. The maximum absolute atomic E-state index is 10.1. The van der Waals surface area contributed by atoms with E-state index in [1.54, 1.807) is 0 Å². The van der Waals surface area contributed by atoms with Gasteiger partial charge in [0.2, 0.25) is 0 Å². The standard InChI is InChI=1S/C13H23NO/c15-13(8-3-9-13)10-14-11-4-1-5-12(11)6-2-7-12/h11,14-15H,1-10H2. The van der Waals surface area contributed by atoms with Crippen LogP contribution in [0.3, 0.4) is 0 Å². The smallest absolute Gasteiger partial charge is 0.0771 e. The SMILES string of the molecule is OC1(CNC2CCCC23CCC3)CCC1. The quantitative estimate of drug-likeness (QED) is 0.747. The van der Waals surface area contributed by atoms with E-state index in [4.69, 9.17) is 0 Å². The van der Waals surface area contributed by atoms with Crippen LogP contribution < -0.4 is 5.32 Å². The third-order valence-electron chi connectivity index (χ3n) is 5.22. The van der Waals surface area contributed by atoms with Crippen LogP contribution in [0.25, 0.3) is 0 Å². The van der Waals surface area contributed by atoms with Crippen LogP contribution in [0, 0.1) is 5.41 Å². The fourth-order valence-electron chi connectivity index (χ4n) is 3.76. The fraction of sp³-hybridized carbons (Fsp3) is 1.00. The molecule has 3 rings (SSSR count). The average Bonchev–Trinajstić information content (AvgIpc) is 2.54. The van der Waals surface area contributed by atoms with Crippen LogP contribution in [0.1, 0.15) is 57.8 Å². The Morgan fingerprint density at radius 1 is 1.00 bits per heavy atom. The first-order valence-electron chi connectivity index (χ1n) is 6.68. The van der Waals surface area contributed by atoms with Crippen molar-refractivity contribution in [1.82, 2.24) is 5.32 Å². The Labute approximate surface area is 92.4 Å². The van der Waals surface area contributed by atoms with Crippen LogP contribution in [-0.4, -0.2) is 23.3 Å². The van der Waals surface area contributed by atoms with E-state index >= 15 is 0 Å². The van der Waals surface area contributed by atoms with Crippen LogP contribution in [0.2, 0.25) is 0 Å². The first-order chi connectivity index (χ1) is 7.23. The number of rotatable bonds is 3. The van der Waals surface area contributed by atoms with Gasteiger partial charge in [-0.1, -0.05) is 12.8 Å². The zero-order valence-corrected chi connectivity index (χ0v) is 9.60. The summed E-state index contributed by atoms with van der Waals surface area (Å²) in [6.45, 7) is 0.847. The molecule has 0 amide bonds. The molecule has 2 N–H and O–H groups in total. The van der Waals surface area contributed by atoms with Gasteiger partial charge in [0.15, 0.2) is 0 Å². The number of hydrogen-bond acceptors (Lipinski definition) is 2. The molecule has 2 nitrogen and oxygen atoms in total. The predicted octanol–water partition coefficient (Wildman–Crippen LogP) is 2.21. The Morgan fingerprint density at radius 2 is 1.67 bits per heavy atom. The highest BCUT2D eigenvalue weighted by molar-refractivity contribution is 5.03. The van der Waals surface area contributed by atoms with E-state index in [-0.39, 0.29) is 5.60 Å². The third-order valence-corrected chi connectivity index (χ3v) is 5.22. The average molecular weight is 209 g/mol. The summed E-state index contributed by atoms with van der Waals surface area (Å²) in [5.74, 6) is 0. The molecular formula is C13H23NO. The molecule has 3 saturated carbocycles. The molecule has 0 saturated heterocycles. The molecule has 0 radical (unpaired) electrons. The normalized spacial score (nSPS) is 36.2. The van der Waals surface area contributed by atoms with Gasteiger partial charge in [-0.3, -0.25) is 0 Å². The summed E-state index contributed by atoms with van der Waals surface area (Å²) in [5.41, 5.74) is 0.313. The summed E-state index contributed by atoms with van der Waals surface area (Å²) < 4.78 is 0. The Bertz CT molecular complexity index is 243. The van der Waals surface area contributed by atoms with Gasteiger partial charge >= 0.3 is 0 Å². The van der Waals surface area contributed by atoms with Gasteiger partial charge in [0.25, 0.3) is 0 Å². The van der Waals surface area contributed by atoms with Gasteiger partial charge in [0.05, 0.1) is 5.60 Å². The highest BCUT2D eigenvalue weighted by Crippen LogP contribution is 2.53. The second kappa shape index (κ2) is 3.46. The van der Waals surface area contributed by atoms with Crippen molar-refractivity contribution in [3.63, 3.8) is 0 Å². The molecule has 0 bridgehead atoms. The van der Waals surface area contributed by atoms with Crippen molar-refractivity contribution >= 4 is 0 Å². The minimum Gasteiger partial charge on any atom is -0.389 e. The Morgan fingerprint density at radius 3 is 2.20 bits per heavy atom. The number of hydrogen-bond donors (Lipinski definition) is 2. The third kappa shape index (κ3) is 1.62. The van der Waals surface area contributed by atoms with Gasteiger partial charge in [0.1, 0.15) is 0 Å². The van der Waals surface area contributed by atoms with E-state index in [0.717, 1.165) is 25.4 Å². The molecule has 86 valence electrons. The summed E-state index contributed by atoms with van der Waals surface area (Å²) in [6, 6.07) is 0.718. The van der Waals surface area contributed by atoms with Crippen LogP contribution in [0.15, 0.2) is 0 Å². The first kappa shape index (κ1) is 10.1. The van der Waals surface area contributed by atoms with Crippen molar-refractivity contribution in [1.29, 1.82) is 0 Å². The zero-order valence-electron chi connectivity index (χ0n) is 9.60. The summed E-state index contributed by atoms with van der Waals surface area (Å²) in [7, 11) is 0. The molecular weight excluding hydrogens is 186 g/mol. The van der Waals surface area contributed by atoms with Crippen LogP contribution in [-0.2, 0) is 0 Å². The molecule has 3 aliphatic rings. The van der Waals surface area contributed by atoms with E-state index in [2.05, 4.69) is 5.32 Å². The Kier molecular flexibility index (Phi) is 2.33. The van der Waals surface area contributed by atoms with E-state index in [9.17, 15) is 5.11 Å². The van der Waals surface area contributed by atoms with Crippen LogP contribution in [0.5, 0.6) is 0 Å². The van der Waals surface area contributed by atoms with Gasteiger partial charge in [-0.2, -0.15) is 0 Å². The lowest BCUT2D eigenvalue weighted by Gasteiger charge is -2.46. The fourth-order valence-corrected chi connectivity index (χ4v) is 3.76. The summed E-state index contributed by atoms with van der Waals surface area (Å²) in [5, 5.41) is 13.7. The highest BCUT2D eigenvalue weighted by atomic mass is 16.3. The molecule has 0 aromatic carbocycles. The van der Waals surface area contributed by atoms with Gasteiger partial charge in [-0.15, -0.1) is 0 Å². The summed E-state index contributed by atoms with van der Waals surface area (Å²) in [6.07, 6.45) is 11.7. The molecule has 1 atom stereocenters. The van der Waals surface area contributed by atoms with Gasteiger partial charge in [-0.05, 0) is 50.4 Å². The first-order valence-corrected chi connectivity index (χ1v) is 6.68. The second-order valence-corrected chi connectivity index (χ2v) is 6.12. The second-order valence-electron chi connectivity index (χ2n) is 6.12. The van der Waals surface area contributed by atoms with Gasteiger partial charge < -0.3 is 10.4 Å². The number of nitrogens with one attached hydrogen (secondary N) is 1. The molecule has 0 aromatic heterocycles. The van der Waals surface area contributed by atoms with Gasteiger partial charge in [0, 0.05) is 12.6 Å². The Hall–Kier alpha value is -0.0800. The number of aliphatic hydroxyl groups is 1. The highest BCUT2D eigenvalue weighted by Gasteiger charge is 2.47. The maximum atomic E-state index is 10.1. The van der Waals surface area contributed by atoms with Crippen molar-refractivity contribution in [3.05, 3.63) is 0 Å². The zero-order chi connectivity index (χ0) is 10.4. The van der Waals surface area contributed by atoms with Crippen LogP contribution >= 0.6 is 0 Å². The molecule has 1 spiro atoms. The van der Waals surface area contributed by atoms with E-state index < -0.39 is 0 Å². The minimum atomic E-state index is -0.340. The molecule has 15 heavy (non-hydrogen) atoms. The van der Waals surface area contributed by atoms with E-state index in [0.29, 0.717) is 5.41 Å². The van der Waals surface area contributed by atoms with E-state index in [1.165, 1.54) is 44.9 Å². The lowest BCUT2D eigenvalue weighted by molar-refractivity contribution is -0.0387. The molecule has 0 aliphatic heterocycles. The topological polar surface area (TPSA) is 32.3 Å². The maximum Gasteiger partial charge on any atom is 0.0771 e. The Balaban J connectivity index is 1.54. The van der Waals surface area contributed by atoms with Crippen molar-refractivity contribution in [2.45, 2.75) is 69.4 Å². The molecule has 0 aromatic rings. The van der Waals surface area contributed by atoms with Crippen molar-refractivity contribution in [3.8, 4) is 0 Å². The van der Waals surface area contributed by atoms with Crippen molar-refractivity contribution in [2.24, 2.45) is 5.41 Å². The van der Waals surface area contributed by atoms with Gasteiger partial charge in [-0.25, -0.2) is 0 Å².